The van der Waals surface area contributed by atoms with Crippen molar-refractivity contribution in [2.24, 2.45) is 7.05 Å². The number of aryl methyl sites for hydroxylation is 2. The van der Waals surface area contributed by atoms with E-state index in [0.717, 1.165) is 41.2 Å². The summed E-state index contributed by atoms with van der Waals surface area (Å²) in [5, 5.41) is 8.54. The molecule has 2 aromatic heterocycles. The topological polar surface area (TPSA) is 74.1 Å². The maximum atomic E-state index is 6.15. The molecular formula is C18H21N5O2. The fraction of sp³-hybridized carbons (Fsp3) is 0.389. The molecule has 1 aliphatic rings. The van der Waals surface area contributed by atoms with E-state index in [4.69, 9.17) is 9.47 Å². The standard InChI is InChI=1S/C18H21N5O2/c1-12-3-4-13(16(7-12)25-14-5-6-24-10-14)8-19-17-15-9-22-23(2)18(15)21-11-20-17/h3-4,7,9,11,14H,5-6,8,10H2,1-2H3,(H,19,20,21). The predicted molar refractivity (Wildman–Crippen MR) is 94.7 cm³/mol. The lowest BCUT2D eigenvalue weighted by Gasteiger charge is -2.17. The summed E-state index contributed by atoms with van der Waals surface area (Å²) in [7, 11) is 1.87. The van der Waals surface area contributed by atoms with E-state index in [-0.39, 0.29) is 6.10 Å². The van der Waals surface area contributed by atoms with E-state index < -0.39 is 0 Å². The van der Waals surface area contributed by atoms with E-state index in [0.29, 0.717) is 13.2 Å². The van der Waals surface area contributed by atoms with Crippen molar-refractivity contribution >= 4 is 16.9 Å². The number of nitrogens with one attached hydrogen (secondary N) is 1. The number of nitrogens with zero attached hydrogens (tertiary/aromatic N) is 4. The van der Waals surface area contributed by atoms with Crippen molar-refractivity contribution < 1.29 is 9.47 Å². The van der Waals surface area contributed by atoms with Gasteiger partial charge in [-0.2, -0.15) is 5.10 Å². The number of hydrogen-bond acceptors (Lipinski definition) is 6. The fourth-order valence-corrected chi connectivity index (χ4v) is 2.98. The lowest BCUT2D eigenvalue weighted by atomic mass is 10.1. The van der Waals surface area contributed by atoms with Crippen molar-refractivity contribution in [2.45, 2.75) is 26.0 Å². The Morgan fingerprint density at radius 1 is 1.36 bits per heavy atom. The molecule has 1 aliphatic heterocycles. The zero-order chi connectivity index (χ0) is 17.2. The molecule has 1 unspecified atom stereocenters. The molecule has 3 heterocycles. The summed E-state index contributed by atoms with van der Waals surface area (Å²) in [6.07, 6.45) is 4.39. The molecule has 1 fully saturated rings. The van der Waals surface area contributed by atoms with E-state index >= 15 is 0 Å². The van der Waals surface area contributed by atoms with E-state index in [1.165, 1.54) is 5.56 Å². The van der Waals surface area contributed by atoms with E-state index in [2.05, 4.69) is 45.5 Å². The average Bonchev–Trinajstić information content (AvgIpc) is 3.25. The van der Waals surface area contributed by atoms with Crippen molar-refractivity contribution in [1.82, 2.24) is 19.7 Å². The van der Waals surface area contributed by atoms with Crippen LogP contribution in [0.1, 0.15) is 17.5 Å². The quantitative estimate of drug-likeness (QED) is 0.770. The summed E-state index contributed by atoms with van der Waals surface area (Å²) in [5.74, 6) is 1.67. The highest BCUT2D eigenvalue weighted by atomic mass is 16.5. The highest BCUT2D eigenvalue weighted by molar-refractivity contribution is 5.85. The Labute approximate surface area is 146 Å². The lowest BCUT2D eigenvalue weighted by Crippen LogP contribution is -2.17. The van der Waals surface area contributed by atoms with Gasteiger partial charge in [-0.1, -0.05) is 12.1 Å². The first kappa shape index (κ1) is 15.8. The van der Waals surface area contributed by atoms with Gasteiger partial charge in [0.1, 0.15) is 24.0 Å². The van der Waals surface area contributed by atoms with Crippen LogP contribution in [0.3, 0.4) is 0 Å². The van der Waals surface area contributed by atoms with Gasteiger partial charge in [-0.15, -0.1) is 0 Å². The van der Waals surface area contributed by atoms with Crippen molar-refractivity contribution in [1.29, 1.82) is 0 Å². The number of anilines is 1. The first-order valence-corrected chi connectivity index (χ1v) is 8.41. The third-order valence-electron chi connectivity index (χ3n) is 4.38. The largest absolute Gasteiger partial charge is 0.488 e. The van der Waals surface area contributed by atoms with Crippen LogP contribution in [0.2, 0.25) is 0 Å². The van der Waals surface area contributed by atoms with E-state index in [9.17, 15) is 0 Å². The third-order valence-corrected chi connectivity index (χ3v) is 4.38. The van der Waals surface area contributed by atoms with Crippen LogP contribution in [0, 0.1) is 6.92 Å². The van der Waals surface area contributed by atoms with Gasteiger partial charge in [0.2, 0.25) is 0 Å². The molecule has 7 heteroatoms. The van der Waals surface area contributed by atoms with Crippen molar-refractivity contribution in [3.8, 4) is 5.75 Å². The predicted octanol–water partition coefficient (Wildman–Crippen LogP) is 2.45. The second kappa shape index (κ2) is 6.68. The molecule has 0 saturated carbocycles. The van der Waals surface area contributed by atoms with Gasteiger partial charge in [-0.25, -0.2) is 9.97 Å². The Bertz CT molecular complexity index is 886. The summed E-state index contributed by atoms with van der Waals surface area (Å²) < 4.78 is 13.3. The molecular weight excluding hydrogens is 318 g/mol. The van der Waals surface area contributed by atoms with Gasteiger partial charge < -0.3 is 14.8 Å². The number of rotatable bonds is 5. The van der Waals surface area contributed by atoms with Gasteiger partial charge in [0.25, 0.3) is 0 Å². The molecule has 25 heavy (non-hydrogen) atoms. The molecule has 0 spiro atoms. The van der Waals surface area contributed by atoms with Crippen LogP contribution < -0.4 is 10.1 Å². The minimum atomic E-state index is 0.129. The Balaban J connectivity index is 1.55. The van der Waals surface area contributed by atoms with Crippen LogP contribution in [0.25, 0.3) is 11.0 Å². The highest BCUT2D eigenvalue weighted by Crippen LogP contribution is 2.25. The van der Waals surface area contributed by atoms with Crippen LogP contribution in [-0.2, 0) is 18.3 Å². The normalized spacial score (nSPS) is 17.1. The van der Waals surface area contributed by atoms with Crippen LogP contribution in [0.4, 0.5) is 5.82 Å². The smallest absolute Gasteiger partial charge is 0.163 e. The first-order valence-electron chi connectivity index (χ1n) is 8.41. The number of fused-ring (bicyclic) bond motifs is 1. The fourth-order valence-electron chi connectivity index (χ4n) is 2.98. The highest BCUT2D eigenvalue weighted by Gasteiger charge is 2.19. The van der Waals surface area contributed by atoms with Crippen LogP contribution in [-0.4, -0.2) is 39.1 Å². The Morgan fingerprint density at radius 3 is 3.12 bits per heavy atom. The molecule has 0 radical (unpaired) electrons. The second-order valence-corrected chi connectivity index (χ2v) is 6.30. The van der Waals surface area contributed by atoms with Gasteiger partial charge in [-0.05, 0) is 18.6 Å². The van der Waals surface area contributed by atoms with Crippen LogP contribution in [0.5, 0.6) is 5.75 Å². The van der Waals surface area contributed by atoms with Crippen molar-refractivity contribution in [2.75, 3.05) is 18.5 Å². The second-order valence-electron chi connectivity index (χ2n) is 6.30. The van der Waals surface area contributed by atoms with Crippen LogP contribution in [0.15, 0.2) is 30.7 Å². The van der Waals surface area contributed by atoms with Gasteiger partial charge in [0.15, 0.2) is 5.65 Å². The Hall–Kier alpha value is -2.67. The minimum Gasteiger partial charge on any atom is -0.488 e. The zero-order valence-electron chi connectivity index (χ0n) is 14.4. The number of aromatic nitrogens is 4. The zero-order valence-corrected chi connectivity index (χ0v) is 14.4. The first-order chi connectivity index (χ1) is 12.2. The third kappa shape index (κ3) is 3.28. The van der Waals surface area contributed by atoms with Crippen molar-refractivity contribution in [3.63, 3.8) is 0 Å². The number of hydrogen-bond donors (Lipinski definition) is 1. The summed E-state index contributed by atoms with van der Waals surface area (Å²) in [6.45, 7) is 4.11. The minimum absolute atomic E-state index is 0.129. The molecule has 1 atom stereocenters. The van der Waals surface area contributed by atoms with Gasteiger partial charge >= 0.3 is 0 Å². The van der Waals surface area contributed by atoms with E-state index in [1.807, 2.05) is 7.05 Å². The summed E-state index contributed by atoms with van der Waals surface area (Å²) in [6, 6.07) is 6.26. The monoisotopic (exact) mass is 339 g/mol. The molecule has 3 aromatic rings. The molecule has 0 amide bonds. The molecule has 1 N–H and O–H groups in total. The van der Waals surface area contributed by atoms with Gasteiger partial charge in [0.05, 0.1) is 24.8 Å². The maximum absolute atomic E-state index is 6.15. The molecule has 7 nitrogen and oxygen atoms in total. The van der Waals surface area contributed by atoms with Crippen molar-refractivity contribution in [3.05, 3.63) is 41.9 Å². The van der Waals surface area contributed by atoms with Gasteiger partial charge in [-0.3, -0.25) is 4.68 Å². The lowest BCUT2D eigenvalue weighted by molar-refractivity contribution is 0.140. The Kier molecular flexibility index (Phi) is 4.23. The molecule has 4 rings (SSSR count). The van der Waals surface area contributed by atoms with Crippen LogP contribution >= 0.6 is 0 Å². The summed E-state index contributed by atoms with van der Waals surface area (Å²) in [4.78, 5) is 8.61. The SMILES string of the molecule is Cc1ccc(CNc2ncnc3c2cnn3C)c(OC2CCOC2)c1. The molecule has 130 valence electrons. The molecule has 1 aromatic carbocycles. The molecule has 1 saturated heterocycles. The molecule has 0 bridgehead atoms. The maximum Gasteiger partial charge on any atom is 0.163 e. The Morgan fingerprint density at radius 2 is 2.28 bits per heavy atom. The number of ether oxygens (including phenoxy) is 2. The van der Waals surface area contributed by atoms with E-state index in [1.54, 1.807) is 17.2 Å². The molecule has 0 aliphatic carbocycles. The van der Waals surface area contributed by atoms with Gasteiger partial charge in [0, 0.05) is 25.6 Å². The number of benzene rings is 1. The summed E-state index contributed by atoms with van der Waals surface area (Å²) in [5.41, 5.74) is 3.07. The average molecular weight is 339 g/mol. The summed E-state index contributed by atoms with van der Waals surface area (Å²) >= 11 is 0.